The van der Waals surface area contributed by atoms with Gasteiger partial charge in [0.2, 0.25) is 0 Å². The summed E-state index contributed by atoms with van der Waals surface area (Å²) < 4.78 is 6.09. The minimum atomic E-state index is 0.0505. The highest BCUT2D eigenvalue weighted by Gasteiger charge is 2.26. The maximum absolute atomic E-state index is 8.89. The van der Waals surface area contributed by atoms with Crippen molar-refractivity contribution in [3.63, 3.8) is 0 Å². The van der Waals surface area contributed by atoms with Gasteiger partial charge in [-0.3, -0.25) is 0 Å². The molecule has 0 aromatic heterocycles. The van der Waals surface area contributed by atoms with Crippen molar-refractivity contribution >= 4 is 0 Å². The lowest BCUT2D eigenvalue weighted by Gasteiger charge is -2.25. The maximum Gasteiger partial charge on any atom is 0.0826 e. The Hall–Kier alpha value is -0.600. The predicted molar refractivity (Wildman–Crippen MR) is 67.3 cm³/mol. The zero-order valence-electron chi connectivity index (χ0n) is 10.5. The lowest BCUT2D eigenvalue weighted by molar-refractivity contribution is -0.0205. The summed E-state index contributed by atoms with van der Waals surface area (Å²) in [6.07, 6.45) is 3.97. The van der Waals surface area contributed by atoms with Gasteiger partial charge in [-0.05, 0) is 42.7 Å². The molecule has 2 nitrogen and oxygen atoms in total. The van der Waals surface area contributed by atoms with E-state index in [1.165, 1.54) is 0 Å². The van der Waals surface area contributed by atoms with E-state index in [0.29, 0.717) is 12.0 Å². The first-order chi connectivity index (χ1) is 7.56. The van der Waals surface area contributed by atoms with E-state index in [2.05, 4.69) is 27.0 Å². The van der Waals surface area contributed by atoms with Crippen LogP contribution in [-0.4, -0.2) is 23.9 Å². The van der Waals surface area contributed by atoms with Crippen LogP contribution >= 0.6 is 0 Å². The Balaban J connectivity index is 2.68. The maximum atomic E-state index is 8.89. The normalized spacial score (nSPS) is 27.2. The molecule has 1 aliphatic rings. The van der Waals surface area contributed by atoms with Crippen LogP contribution in [0, 0.1) is 5.92 Å². The predicted octanol–water partition coefficient (Wildman–Crippen LogP) is 3.07. The highest BCUT2D eigenvalue weighted by molar-refractivity contribution is 5.30. The number of aliphatic hydroxyl groups is 1. The molecule has 2 heteroatoms. The SMILES string of the molecule is C=C1CC[C@@H](C(C)C)O[C@@H](CCCO)C1=C. The fraction of sp³-hybridized carbons (Fsp3) is 0.714. The van der Waals surface area contributed by atoms with Crippen LogP contribution in [0.15, 0.2) is 24.3 Å². The van der Waals surface area contributed by atoms with Gasteiger partial charge >= 0.3 is 0 Å². The zero-order chi connectivity index (χ0) is 12.1. The van der Waals surface area contributed by atoms with Crippen LogP contribution < -0.4 is 0 Å². The quantitative estimate of drug-likeness (QED) is 0.795. The second kappa shape index (κ2) is 6.21. The summed E-state index contributed by atoms with van der Waals surface area (Å²) in [6, 6.07) is 0. The van der Waals surface area contributed by atoms with Crippen LogP contribution in [0.5, 0.6) is 0 Å². The largest absolute Gasteiger partial charge is 0.396 e. The first-order valence-electron chi connectivity index (χ1n) is 6.19. The smallest absolute Gasteiger partial charge is 0.0826 e. The lowest BCUT2D eigenvalue weighted by atomic mass is 9.96. The topological polar surface area (TPSA) is 29.5 Å². The number of aliphatic hydroxyl groups excluding tert-OH is 1. The van der Waals surface area contributed by atoms with E-state index in [-0.39, 0.29) is 12.7 Å². The van der Waals surface area contributed by atoms with Gasteiger partial charge in [0.05, 0.1) is 12.2 Å². The second-order valence-corrected chi connectivity index (χ2v) is 4.94. The lowest BCUT2D eigenvalue weighted by Crippen LogP contribution is -2.25. The molecule has 0 saturated carbocycles. The minimum Gasteiger partial charge on any atom is -0.396 e. The van der Waals surface area contributed by atoms with Gasteiger partial charge in [-0.1, -0.05) is 27.0 Å². The molecule has 1 fully saturated rings. The van der Waals surface area contributed by atoms with Crippen molar-refractivity contribution in [2.75, 3.05) is 6.61 Å². The molecule has 2 atom stereocenters. The Morgan fingerprint density at radius 1 is 1.44 bits per heavy atom. The summed E-state index contributed by atoms with van der Waals surface area (Å²) in [4.78, 5) is 0. The standard InChI is InChI=1S/C14H24O2/c1-10(2)13-8-7-11(3)12(4)14(16-13)6-5-9-15/h10,13-15H,3-9H2,1-2H3/t13-,14-/m0/s1. The van der Waals surface area contributed by atoms with Crippen LogP contribution in [0.25, 0.3) is 0 Å². The van der Waals surface area contributed by atoms with Crippen LogP contribution in [0.2, 0.25) is 0 Å². The van der Waals surface area contributed by atoms with Crippen LogP contribution in [0.4, 0.5) is 0 Å². The molecule has 0 amide bonds. The molecule has 1 rings (SSSR count). The van der Waals surface area contributed by atoms with Crippen LogP contribution in [-0.2, 0) is 4.74 Å². The highest BCUT2D eigenvalue weighted by atomic mass is 16.5. The van der Waals surface area contributed by atoms with Gasteiger partial charge in [0.25, 0.3) is 0 Å². The van der Waals surface area contributed by atoms with Crippen LogP contribution in [0.1, 0.15) is 39.5 Å². The molecule has 16 heavy (non-hydrogen) atoms. The van der Waals surface area contributed by atoms with Gasteiger partial charge in [0.1, 0.15) is 0 Å². The van der Waals surface area contributed by atoms with Crippen molar-refractivity contribution < 1.29 is 9.84 Å². The molecule has 0 radical (unpaired) electrons. The van der Waals surface area contributed by atoms with Crippen molar-refractivity contribution in [1.29, 1.82) is 0 Å². The Morgan fingerprint density at radius 3 is 2.69 bits per heavy atom. The van der Waals surface area contributed by atoms with Crippen molar-refractivity contribution in [3.05, 3.63) is 24.3 Å². The van der Waals surface area contributed by atoms with Crippen molar-refractivity contribution in [2.45, 2.75) is 51.7 Å². The van der Waals surface area contributed by atoms with Crippen LogP contribution in [0.3, 0.4) is 0 Å². The van der Waals surface area contributed by atoms with Gasteiger partial charge in [-0.25, -0.2) is 0 Å². The van der Waals surface area contributed by atoms with E-state index in [0.717, 1.165) is 36.8 Å². The second-order valence-electron chi connectivity index (χ2n) is 4.94. The highest BCUT2D eigenvalue weighted by Crippen LogP contribution is 2.30. The van der Waals surface area contributed by atoms with Crippen molar-refractivity contribution in [3.8, 4) is 0 Å². The fourth-order valence-electron chi connectivity index (χ4n) is 2.08. The molecule has 1 heterocycles. The molecule has 0 aliphatic carbocycles. The molecule has 1 aliphatic heterocycles. The van der Waals surface area contributed by atoms with Gasteiger partial charge in [0, 0.05) is 6.61 Å². The molecule has 0 aromatic rings. The molecule has 1 N–H and O–H groups in total. The average molecular weight is 224 g/mol. The summed E-state index contributed by atoms with van der Waals surface area (Å²) >= 11 is 0. The molecule has 0 bridgehead atoms. The third kappa shape index (κ3) is 3.46. The zero-order valence-corrected chi connectivity index (χ0v) is 10.5. The third-order valence-electron chi connectivity index (χ3n) is 3.28. The Labute approximate surface area is 99.0 Å². The summed E-state index contributed by atoms with van der Waals surface area (Å²) in [5.41, 5.74) is 2.14. The number of hydrogen-bond donors (Lipinski definition) is 1. The number of hydrogen-bond acceptors (Lipinski definition) is 2. The summed E-state index contributed by atoms with van der Waals surface area (Å²) in [5.74, 6) is 0.523. The summed E-state index contributed by atoms with van der Waals surface area (Å²) in [7, 11) is 0. The Morgan fingerprint density at radius 2 is 2.12 bits per heavy atom. The molecule has 0 unspecified atom stereocenters. The fourth-order valence-corrected chi connectivity index (χ4v) is 2.08. The monoisotopic (exact) mass is 224 g/mol. The summed E-state index contributed by atoms with van der Waals surface area (Å²) in [5, 5.41) is 8.89. The molecule has 0 spiro atoms. The first kappa shape index (κ1) is 13.5. The van der Waals surface area contributed by atoms with Crippen molar-refractivity contribution in [1.82, 2.24) is 0 Å². The van der Waals surface area contributed by atoms with E-state index >= 15 is 0 Å². The van der Waals surface area contributed by atoms with E-state index in [4.69, 9.17) is 9.84 Å². The molecule has 92 valence electrons. The van der Waals surface area contributed by atoms with Gasteiger partial charge in [-0.15, -0.1) is 0 Å². The minimum absolute atomic E-state index is 0.0505. The van der Waals surface area contributed by atoms with Gasteiger partial charge in [-0.2, -0.15) is 0 Å². The average Bonchev–Trinajstić information content (AvgIpc) is 2.38. The Kier molecular flexibility index (Phi) is 5.23. The van der Waals surface area contributed by atoms with Crippen molar-refractivity contribution in [2.24, 2.45) is 5.92 Å². The van der Waals surface area contributed by atoms with E-state index in [1.807, 2.05) is 0 Å². The van der Waals surface area contributed by atoms with E-state index in [1.54, 1.807) is 0 Å². The van der Waals surface area contributed by atoms with Gasteiger partial charge < -0.3 is 9.84 Å². The molecule has 0 aromatic carbocycles. The molecule has 1 saturated heterocycles. The molecular weight excluding hydrogens is 200 g/mol. The Bertz CT molecular complexity index is 255. The molecular formula is C14H24O2. The number of ether oxygens (including phenoxy) is 1. The van der Waals surface area contributed by atoms with E-state index in [9.17, 15) is 0 Å². The van der Waals surface area contributed by atoms with E-state index < -0.39 is 0 Å². The van der Waals surface area contributed by atoms with Gasteiger partial charge in [0.15, 0.2) is 0 Å². The summed E-state index contributed by atoms with van der Waals surface area (Å²) in [6.45, 7) is 12.7. The first-order valence-corrected chi connectivity index (χ1v) is 6.19. The number of rotatable bonds is 4. The third-order valence-corrected chi connectivity index (χ3v) is 3.28.